The minimum Gasteiger partial charge on any atom is -0.444 e. The zero-order valence-electron chi connectivity index (χ0n) is 22.5. The number of carbonyl (C=O) groups is 2. The summed E-state index contributed by atoms with van der Waals surface area (Å²) in [6.45, 7) is 6.50. The molecule has 0 spiro atoms. The molecule has 1 heterocycles. The van der Waals surface area contributed by atoms with Crippen LogP contribution in [0.25, 0.3) is 0 Å². The van der Waals surface area contributed by atoms with Gasteiger partial charge in [-0.05, 0) is 45.1 Å². The lowest BCUT2D eigenvalue weighted by atomic mass is 9.85. The second kappa shape index (κ2) is 13.4. The van der Waals surface area contributed by atoms with E-state index in [1.54, 1.807) is 9.80 Å². The third-order valence-electron chi connectivity index (χ3n) is 7.52. The van der Waals surface area contributed by atoms with E-state index in [9.17, 15) is 14.7 Å². The predicted octanol–water partition coefficient (Wildman–Crippen LogP) is 4.51. The van der Waals surface area contributed by atoms with Crippen LogP contribution in [0.4, 0.5) is 4.79 Å². The second-order valence-electron chi connectivity index (χ2n) is 11.7. The van der Waals surface area contributed by atoms with Crippen LogP contribution in [0.2, 0.25) is 0 Å². The summed E-state index contributed by atoms with van der Waals surface area (Å²) in [5.41, 5.74) is 6.80. The maximum absolute atomic E-state index is 13.1. The number of nitrogens with two attached hydrogens (primary N) is 1. The monoisotopic (exact) mass is 501 g/mol. The number of ether oxygens (including phenoxy) is 1. The smallest absolute Gasteiger partial charge is 0.410 e. The van der Waals surface area contributed by atoms with Gasteiger partial charge in [0.05, 0.1) is 12.1 Å². The normalized spacial score (nSPS) is 21.2. The fourth-order valence-electron chi connectivity index (χ4n) is 5.51. The number of hydrogen-bond acceptors (Lipinski definition) is 5. The Morgan fingerprint density at radius 3 is 2.44 bits per heavy atom. The molecule has 1 aliphatic heterocycles. The SMILES string of the molecule is CC(C)(C)OC(=O)N1CCN(C(=O)CCCCC2CCCCC2)C[C@@H]1[C@@H](O)[C@H](N)Cc1ccccc1. The molecule has 7 nitrogen and oxygen atoms in total. The van der Waals surface area contributed by atoms with Crippen LogP contribution in [0.5, 0.6) is 0 Å². The van der Waals surface area contributed by atoms with Gasteiger partial charge in [0, 0.05) is 32.1 Å². The van der Waals surface area contributed by atoms with Gasteiger partial charge in [-0.1, -0.05) is 75.3 Å². The van der Waals surface area contributed by atoms with E-state index in [0.29, 0.717) is 25.9 Å². The number of unbranched alkanes of at least 4 members (excludes halogenated alkanes) is 1. The van der Waals surface area contributed by atoms with Crippen molar-refractivity contribution < 1.29 is 19.4 Å². The third kappa shape index (κ3) is 8.77. The number of piperazine rings is 1. The molecule has 202 valence electrons. The average Bonchev–Trinajstić information content (AvgIpc) is 2.86. The van der Waals surface area contributed by atoms with E-state index < -0.39 is 29.9 Å². The highest BCUT2D eigenvalue weighted by Crippen LogP contribution is 2.28. The first-order chi connectivity index (χ1) is 17.1. The van der Waals surface area contributed by atoms with Crippen LogP contribution in [-0.4, -0.2) is 70.3 Å². The van der Waals surface area contributed by atoms with E-state index in [4.69, 9.17) is 10.5 Å². The summed E-state index contributed by atoms with van der Waals surface area (Å²) in [4.78, 5) is 29.4. The zero-order valence-corrected chi connectivity index (χ0v) is 22.5. The van der Waals surface area contributed by atoms with E-state index in [0.717, 1.165) is 24.3 Å². The number of amides is 2. The molecule has 2 aliphatic rings. The lowest BCUT2D eigenvalue weighted by molar-refractivity contribution is -0.136. The van der Waals surface area contributed by atoms with Crippen LogP contribution in [0, 0.1) is 5.92 Å². The van der Waals surface area contributed by atoms with Crippen molar-refractivity contribution >= 4 is 12.0 Å². The van der Waals surface area contributed by atoms with Crippen molar-refractivity contribution in [3.05, 3.63) is 35.9 Å². The Morgan fingerprint density at radius 2 is 1.78 bits per heavy atom. The highest BCUT2D eigenvalue weighted by Gasteiger charge is 2.40. The highest BCUT2D eigenvalue weighted by molar-refractivity contribution is 5.77. The molecule has 2 fully saturated rings. The summed E-state index contributed by atoms with van der Waals surface area (Å²) in [7, 11) is 0. The number of nitrogens with zero attached hydrogens (tertiary/aromatic N) is 2. The third-order valence-corrected chi connectivity index (χ3v) is 7.52. The first kappa shape index (κ1) is 28.5. The molecule has 0 aromatic heterocycles. The summed E-state index contributed by atoms with van der Waals surface area (Å²) in [6, 6.07) is 8.58. The first-order valence-electron chi connectivity index (χ1n) is 13.9. The fourth-order valence-corrected chi connectivity index (χ4v) is 5.51. The van der Waals surface area contributed by atoms with Crippen molar-refractivity contribution in [2.75, 3.05) is 19.6 Å². The zero-order chi connectivity index (χ0) is 26.1. The minimum absolute atomic E-state index is 0.0938. The predicted molar refractivity (Wildman–Crippen MR) is 142 cm³/mol. The van der Waals surface area contributed by atoms with E-state index >= 15 is 0 Å². The van der Waals surface area contributed by atoms with Crippen molar-refractivity contribution in [2.24, 2.45) is 11.7 Å². The van der Waals surface area contributed by atoms with Crippen molar-refractivity contribution in [1.82, 2.24) is 9.80 Å². The van der Waals surface area contributed by atoms with E-state index in [1.807, 2.05) is 51.1 Å². The van der Waals surface area contributed by atoms with Gasteiger partial charge in [-0.2, -0.15) is 0 Å². The van der Waals surface area contributed by atoms with Gasteiger partial charge in [-0.3, -0.25) is 9.69 Å². The number of carbonyl (C=O) groups excluding carboxylic acids is 2. The molecule has 1 saturated heterocycles. The van der Waals surface area contributed by atoms with Crippen LogP contribution >= 0.6 is 0 Å². The molecule has 7 heteroatoms. The maximum atomic E-state index is 13.1. The standard InChI is InChI=1S/C29H47N3O4/c1-29(2,3)36-28(35)32-19-18-31(26(33)17-11-10-14-22-12-6-4-7-13-22)21-25(32)27(34)24(30)20-23-15-8-5-9-16-23/h5,8-9,15-16,22,24-25,27,34H,4,6-7,10-14,17-21,30H2,1-3H3/t24-,25-,27+/m1/s1. The summed E-state index contributed by atoms with van der Waals surface area (Å²) < 4.78 is 5.62. The largest absolute Gasteiger partial charge is 0.444 e. The molecule has 0 unspecified atom stereocenters. The molecule has 3 atom stereocenters. The number of aliphatic hydroxyl groups excluding tert-OH is 1. The molecular formula is C29H47N3O4. The average molecular weight is 502 g/mol. The molecule has 0 radical (unpaired) electrons. The van der Waals surface area contributed by atoms with Crippen molar-refractivity contribution in [3.8, 4) is 0 Å². The summed E-state index contributed by atoms with van der Waals surface area (Å²) in [6.07, 6.45) is 9.47. The molecule has 1 aliphatic carbocycles. The topological polar surface area (TPSA) is 96.1 Å². The van der Waals surface area contributed by atoms with E-state index in [1.165, 1.54) is 38.5 Å². The Balaban J connectivity index is 1.60. The van der Waals surface area contributed by atoms with Crippen LogP contribution in [0.1, 0.15) is 84.1 Å². The molecule has 1 aromatic carbocycles. The minimum atomic E-state index is -0.986. The Bertz CT molecular complexity index is 820. The fraction of sp³-hybridized carbons (Fsp3) is 0.724. The number of benzene rings is 1. The van der Waals surface area contributed by atoms with Gasteiger partial charge in [0.1, 0.15) is 5.60 Å². The Hall–Kier alpha value is -2.12. The molecule has 0 bridgehead atoms. The molecule has 3 rings (SSSR count). The Morgan fingerprint density at radius 1 is 1.08 bits per heavy atom. The summed E-state index contributed by atoms with van der Waals surface area (Å²) >= 11 is 0. The molecule has 1 aromatic rings. The number of rotatable bonds is 9. The van der Waals surface area contributed by atoms with Crippen molar-refractivity contribution in [1.29, 1.82) is 0 Å². The van der Waals surface area contributed by atoms with Crippen molar-refractivity contribution in [3.63, 3.8) is 0 Å². The molecular weight excluding hydrogens is 454 g/mol. The molecule has 1 saturated carbocycles. The van der Waals surface area contributed by atoms with E-state index in [2.05, 4.69) is 0 Å². The van der Waals surface area contributed by atoms with Gasteiger partial charge in [0.25, 0.3) is 0 Å². The maximum Gasteiger partial charge on any atom is 0.410 e. The van der Waals surface area contributed by atoms with Crippen LogP contribution in [0.15, 0.2) is 30.3 Å². The van der Waals surface area contributed by atoms with Crippen LogP contribution < -0.4 is 5.73 Å². The Labute approximate surface area is 217 Å². The van der Waals surface area contributed by atoms with Gasteiger partial charge in [-0.15, -0.1) is 0 Å². The Kier molecular flexibility index (Phi) is 10.6. The molecule has 36 heavy (non-hydrogen) atoms. The number of hydrogen-bond donors (Lipinski definition) is 2. The van der Waals surface area contributed by atoms with Gasteiger partial charge in [0.15, 0.2) is 0 Å². The molecule has 3 N–H and O–H groups in total. The van der Waals surface area contributed by atoms with Gasteiger partial charge < -0.3 is 20.5 Å². The van der Waals surface area contributed by atoms with Crippen LogP contribution in [0.3, 0.4) is 0 Å². The second-order valence-corrected chi connectivity index (χ2v) is 11.7. The number of aliphatic hydroxyl groups is 1. The van der Waals surface area contributed by atoms with Gasteiger partial charge in [-0.25, -0.2) is 4.79 Å². The quantitative estimate of drug-likeness (QED) is 0.486. The summed E-state index contributed by atoms with van der Waals surface area (Å²) in [5.74, 6) is 0.924. The van der Waals surface area contributed by atoms with Gasteiger partial charge >= 0.3 is 6.09 Å². The molecule has 2 amide bonds. The lowest BCUT2D eigenvalue weighted by Gasteiger charge is -2.44. The highest BCUT2D eigenvalue weighted by atomic mass is 16.6. The van der Waals surface area contributed by atoms with Crippen LogP contribution in [-0.2, 0) is 16.0 Å². The first-order valence-corrected chi connectivity index (χ1v) is 13.9. The summed E-state index contributed by atoms with van der Waals surface area (Å²) in [5, 5.41) is 11.3. The van der Waals surface area contributed by atoms with Gasteiger partial charge in [0.2, 0.25) is 5.91 Å². The van der Waals surface area contributed by atoms with E-state index in [-0.39, 0.29) is 12.5 Å². The van der Waals surface area contributed by atoms with Crippen molar-refractivity contribution in [2.45, 2.75) is 109 Å². The lowest BCUT2D eigenvalue weighted by Crippen LogP contribution is -2.64.